The average molecular weight is 224 g/mol. The third kappa shape index (κ3) is 4.06. The van der Waals surface area contributed by atoms with Crippen LogP contribution in [-0.4, -0.2) is 36.6 Å². The van der Waals surface area contributed by atoms with E-state index in [9.17, 15) is 0 Å². The highest BCUT2D eigenvalue weighted by Gasteiger charge is 2.22. The molecule has 2 nitrogen and oxygen atoms in total. The number of rotatable bonds is 6. The molecule has 0 unspecified atom stereocenters. The first kappa shape index (κ1) is 12.4. The Morgan fingerprint density at radius 3 is 2.38 bits per heavy atom. The van der Waals surface area contributed by atoms with Gasteiger partial charge in [-0.15, -0.1) is 0 Å². The molecule has 2 rings (SSSR count). The normalized spacial score (nSPS) is 24.2. The van der Waals surface area contributed by atoms with Crippen molar-refractivity contribution in [2.24, 2.45) is 5.92 Å². The number of hydrogen-bond acceptors (Lipinski definition) is 2. The summed E-state index contributed by atoms with van der Waals surface area (Å²) in [5.41, 5.74) is 0. The zero-order valence-corrected chi connectivity index (χ0v) is 11.0. The van der Waals surface area contributed by atoms with Crippen molar-refractivity contribution >= 4 is 0 Å². The first-order chi connectivity index (χ1) is 7.75. The second-order valence-corrected chi connectivity index (χ2v) is 5.94. The predicted molar refractivity (Wildman–Crippen MR) is 69.7 cm³/mol. The minimum Gasteiger partial charge on any atom is -0.314 e. The molecule has 1 aliphatic carbocycles. The molecule has 16 heavy (non-hydrogen) atoms. The third-order valence-electron chi connectivity index (χ3n) is 4.18. The lowest BCUT2D eigenvalue weighted by Gasteiger charge is -2.35. The maximum absolute atomic E-state index is 3.74. The molecule has 1 heterocycles. The quantitative estimate of drug-likeness (QED) is 0.698. The van der Waals surface area contributed by atoms with Crippen LogP contribution in [-0.2, 0) is 0 Å². The SMILES string of the molecule is CC(C)N1CCC(NCCCC2CC2)CC1. The molecule has 0 spiro atoms. The minimum atomic E-state index is 0.732. The van der Waals surface area contributed by atoms with Crippen LogP contribution in [0.4, 0.5) is 0 Å². The Morgan fingerprint density at radius 2 is 1.81 bits per heavy atom. The van der Waals surface area contributed by atoms with E-state index >= 15 is 0 Å². The van der Waals surface area contributed by atoms with Gasteiger partial charge in [0.05, 0.1) is 0 Å². The first-order valence-corrected chi connectivity index (χ1v) is 7.23. The van der Waals surface area contributed by atoms with E-state index in [1.54, 1.807) is 0 Å². The van der Waals surface area contributed by atoms with E-state index in [0.29, 0.717) is 0 Å². The molecular weight excluding hydrogens is 196 g/mol. The van der Waals surface area contributed by atoms with Gasteiger partial charge in [-0.3, -0.25) is 0 Å². The Morgan fingerprint density at radius 1 is 1.12 bits per heavy atom. The molecule has 1 saturated heterocycles. The molecule has 1 N–H and O–H groups in total. The number of piperidine rings is 1. The van der Waals surface area contributed by atoms with Crippen molar-refractivity contribution < 1.29 is 0 Å². The Bertz CT molecular complexity index is 191. The molecule has 0 radical (unpaired) electrons. The molecule has 0 aromatic heterocycles. The van der Waals surface area contributed by atoms with Crippen LogP contribution in [0.1, 0.15) is 52.4 Å². The van der Waals surface area contributed by atoms with Crippen molar-refractivity contribution in [2.75, 3.05) is 19.6 Å². The summed E-state index contributed by atoms with van der Waals surface area (Å²) in [6.45, 7) is 8.45. The van der Waals surface area contributed by atoms with E-state index in [-0.39, 0.29) is 0 Å². The molecule has 2 aliphatic rings. The molecule has 1 aliphatic heterocycles. The maximum Gasteiger partial charge on any atom is 0.00914 e. The van der Waals surface area contributed by atoms with Crippen LogP contribution in [0.25, 0.3) is 0 Å². The largest absolute Gasteiger partial charge is 0.314 e. The monoisotopic (exact) mass is 224 g/mol. The highest BCUT2D eigenvalue weighted by molar-refractivity contribution is 4.79. The van der Waals surface area contributed by atoms with Crippen LogP contribution in [0, 0.1) is 5.92 Å². The second-order valence-electron chi connectivity index (χ2n) is 5.94. The zero-order valence-electron chi connectivity index (χ0n) is 11.0. The van der Waals surface area contributed by atoms with Crippen molar-refractivity contribution in [3.8, 4) is 0 Å². The van der Waals surface area contributed by atoms with Crippen LogP contribution in [0.2, 0.25) is 0 Å². The van der Waals surface area contributed by atoms with E-state index in [2.05, 4.69) is 24.1 Å². The van der Waals surface area contributed by atoms with Gasteiger partial charge >= 0.3 is 0 Å². The zero-order chi connectivity index (χ0) is 11.4. The molecule has 0 aromatic rings. The highest BCUT2D eigenvalue weighted by atomic mass is 15.2. The summed E-state index contributed by atoms with van der Waals surface area (Å²) in [5, 5.41) is 3.74. The van der Waals surface area contributed by atoms with E-state index < -0.39 is 0 Å². The first-order valence-electron chi connectivity index (χ1n) is 7.23. The fourth-order valence-electron chi connectivity index (χ4n) is 2.72. The predicted octanol–water partition coefficient (Wildman–Crippen LogP) is 2.64. The van der Waals surface area contributed by atoms with Gasteiger partial charge in [-0.1, -0.05) is 12.8 Å². The van der Waals surface area contributed by atoms with Crippen molar-refractivity contribution in [1.29, 1.82) is 0 Å². The summed E-state index contributed by atoms with van der Waals surface area (Å²) in [6, 6.07) is 1.53. The molecule has 1 saturated carbocycles. The smallest absolute Gasteiger partial charge is 0.00914 e. The van der Waals surface area contributed by atoms with Crippen LogP contribution in [0.5, 0.6) is 0 Å². The van der Waals surface area contributed by atoms with Crippen molar-refractivity contribution in [3.05, 3.63) is 0 Å². The molecule has 94 valence electrons. The standard InChI is InChI=1S/C14H28N2/c1-12(2)16-10-7-14(8-11-16)15-9-3-4-13-5-6-13/h12-15H,3-11H2,1-2H3. The van der Waals surface area contributed by atoms with Gasteiger partial charge in [-0.2, -0.15) is 0 Å². The Hall–Kier alpha value is -0.0800. The van der Waals surface area contributed by atoms with E-state index in [4.69, 9.17) is 0 Å². The topological polar surface area (TPSA) is 15.3 Å². The lowest BCUT2D eigenvalue weighted by Crippen LogP contribution is -2.45. The van der Waals surface area contributed by atoms with Gasteiger partial charge in [-0.25, -0.2) is 0 Å². The number of nitrogens with one attached hydrogen (secondary N) is 1. The average Bonchev–Trinajstić information content (AvgIpc) is 3.09. The lowest BCUT2D eigenvalue weighted by molar-refractivity contribution is 0.161. The van der Waals surface area contributed by atoms with Crippen molar-refractivity contribution in [3.63, 3.8) is 0 Å². The molecule has 0 bridgehead atoms. The van der Waals surface area contributed by atoms with Crippen molar-refractivity contribution in [1.82, 2.24) is 10.2 Å². The molecular formula is C14H28N2. The van der Waals surface area contributed by atoms with Gasteiger partial charge in [0, 0.05) is 12.1 Å². The van der Waals surface area contributed by atoms with Gasteiger partial charge in [0.25, 0.3) is 0 Å². The number of nitrogens with zero attached hydrogens (tertiary/aromatic N) is 1. The summed E-state index contributed by atoms with van der Waals surface area (Å²) in [5.74, 6) is 1.10. The summed E-state index contributed by atoms with van der Waals surface area (Å²) in [6.07, 6.45) is 8.58. The van der Waals surface area contributed by atoms with Gasteiger partial charge < -0.3 is 10.2 Å². The van der Waals surface area contributed by atoms with Gasteiger partial charge in [0.1, 0.15) is 0 Å². The number of likely N-dealkylation sites (tertiary alicyclic amines) is 1. The Balaban J connectivity index is 1.50. The molecule has 0 aromatic carbocycles. The number of hydrogen-bond donors (Lipinski definition) is 1. The molecule has 2 fully saturated rings. The van der Waals surface area contributed by atoms with Gasteiger partial charge in [0.2, 0.25) is 0 Å². The second kappa shape index (κ2) is 6.02. The van der Waals surface area contributed by atoms with Crippen LogP contribution in [0.3, 0.4) is 0 Å². The van der Waals surface area contributed by atoms with E-state index in [1.807, 2.05) is 0 Å². The summed E-state index contributed by atoms with van der Waals surface area (Å²) in [7, 11) is 0. The molecule has 2 heteroatoms. The van der Waals surface area contributed by atoms with Crippen LogP contribution < -0.4 is 5.32 Å². The molecule has 0 amide bonds. The van der Waals surface area contributed by atoms with E-state index in [1.165, 1.54) is 58.2 Å². The van der Waals surface area contributed by atoms with Crippen LogP contribution >= 0.6 is 0 Å². The summed E-state index contributed by atoms with van der Waals surface area (Å²) >= 11 is 0. The molecule has 0 atom stereocenters. The van der Waals surface area contributed by atoms with E-state index in [0.717, 1.165) is 18.0 Å². The van der Waals surface area contributed by atoms with Crippen molar-refractivity contribution in [2.45, 2.75) is 64.5 Å². The Labute approximate surface area is 101 Å². The lowest BCUT2D eigenvalue weighted by atomic mass is 10.0. The van der Waals surface area contributed by atoms with Gasteiger partial charge in [-0.05, 0) is 65.1 Å². The summed E-state index contributed by atoms with van der Waals surface area (Å²) < 4.78 is 0. The Kier molecular flexibility index (Phi) is 4.66. The van der Waals surface area contributed by atoms with Gasteiger partial charge in [0.15, 0.2) is 0 Å². The minimum absolute atomic E-state index is 0.732. The van der Waals surface area contributed by atoms with Crippen LogP contribution in [0.15, 0.2) is 0 Å². The third-order valence-corrected chi connectivity index (χ3v) is 4.18. The fourth-order valence-corrected chi connectivity index (χ4v) is 2.72. The highest BCUT2D eigenvalue weighted by Crippen LogP contribution is 2.33. The summed E-state index contributed by atoms with van der Waals surface area (Å²) in [4.78, 5) is 2.60. The maximum atomic E-state index is 3.74. The fraction of sp³-hybridized carbons (Fsp3) is 1.00.